The highest BCUT2D eigenvalue weighted by Crippen LogP contribution is 2.19. The summed E-state index contributed by atoms with van der Waals surface area (Å²) in [6.07, 6.45) is 2.23. The average Bonchev–Trinajstić information content (AvgIpc) is 2.28. The fourth-order valence-corrected chi connectivity index (χ4v) is 1.56. The largest absolute Gasteiger partial charge is 0.284 e. The van der Waals surface area contributed by atoms with E-state index in [2.05, 4.69) is 52.8 Å². The van der Waals surface area contributed by atoms with Crippen LogP contribution in [0.15, 0.2) is 36.0 Å². The number of nitrogens with zero attached hydrogens (tertiary/aromatic N) is 1. The summed E-state index contributed by atoms with van der Waals surface area (Å²) in [5, 5.41) is 1.75. The first-order valence-electron chi connectivity index (χ1n) is 6.21. The summed E-state index contributed by atoms with van der Waals surface area (Å²) in [4.78, 5) is 0. The summed E-state index contributed by atoms with van der Waals surface area (Å²) >= 11 is 0. The molecule has 0 aromatic heterocycles. The lowest BCUT2D eigenvalue weighted by molar-refractivity contribution is 0.500. The highest BCUT2D eigenvalue weighted by Gasteiger charge is 2.08. The van der Waals surface area contributed by atoms with Gasteiger partial charge in [0.1, 0.15) is 0 Å². The lowest BCUT2D eigenvalue weighted by Crippen LogP contribution is -2.29. The zero-order chi connectivity index (χ0) is 13.0. The van der Waals surface area contributed by atoms with Crippen LogP contribution in [-0.4, -0.2) is 0 Å². The number of anilines is 1. The topological polar surface area (TPSA) is 29.3 Å². The minimum absolute atomic E-state index is 0.534. The van der Waals surface area contributed by atoms with Gasteiger partial charge in [0.2, 0.25) is 0 Å². The van der Waals surface area contributed by atoms with E-state index in [4.69, 9.17) is 5.84 Å². The Hall–Kier alpha value is -1.28. The normalized spacial score (nSPS) is 13.9. The number of hydrazine groups is 1. The van der Waals surface area contributed by atoms with Gasteiger partial charge in [-0.15, -0.1) is 0 Å². The van der Waals surface area contributed by atoms with E-state index in [1.54, 1.807) is 5.01 Å². The Bertz CT molecular complexity index is 376. The third kappa shape index (κ3) is 3.90. The maximum atomic E-state index is 6.10. The van der Waals surface area contributed by atoms with Crippen LogP contribution in [0.3, 0.4) is 0 Å². The summed E-state index contributed by atoms with van der Waals surface area (Å²) in [5.74, 6) is 7.27. The molecule has 0 heterocycles. The predicted octanol–water partition coefficient (Wildman–Crippen LogP) is 3.87. The minimum atomic E-state index is 0.534. The van der Waals surface area contributed by atoms with Gasteiger partial charge in [0, 0.05) is 5.70 Å². The van der Waals surface area contributed by atoms with E-state index in [9.17, 15) is 0 Å². The minimum Gasteiger partial charge on any atom is -0.284 e. The molecule has 0 saturated heterocycles. The van der Waals surface area contributed by atoms with Gasteiger partial charge < -0.3 is 0 Å². The van der Waals surface area contributed by atoms with Crippen LogP contribution in [0.5, 0.6) is 0 Å². The second-order valence-corrected chi connectivity index (χ2v) is 5.12. The molecular formula is C15H24N2. The van der Waals surface area contributed by atoms with Crippen LogP contribution >= 0.6 is 0 Å². The standard InChI is InChI=1S/C15H24N2/c1-11(2)13(4)10-14(5)17(16)15-8-6-12(3)7-9-15/h6-11,13H,16H2,1-5H3/b14-10+. The van der Waals surface area contributed by atoms with Gasteiger partial charge in [0.05, 0.1) is 5.69 Å². The molecule has 1 aromatic rings. The molecular weight excluding hydrogens is 208 g/mol. The molecule has 1 atom stereocenters. The predicted molar refractivity (Wildman–Crippen MR) is 75.6 cm³/mol. The van der Waals surface area contributed by atoms with Crippen molar-refractivity contribution in [1.29, 1.82) is 0 Å². The van der Waals surface area contributed by atoms with E-state index in [-0.39, 0.29) is 0 Å². The molecule has 0 aliphatic heterocycles. The van der Waals surface area contributed by atoms with Crippen molar-refractivity contribution in [2.24, 2.45) is 17.7 Å². The number of benzene rings is 1. The summed E-state index contributed by atoms with van der Waals surface area (Å²) in [5.41, 5.74) is 3.37. The smallest absolute Gasteiger partial charge is 0.0571 e. The van der Waals surface area contributed by atoms with Gasteiger partial charge in [0.25, 0.3) is 0 Å². The maximum absolute atomic E-state index is 6.10. The SMILES string of the molecule is C/C(=C\C(C)C(C)C)N(N)c1ccc(C)cc1. The van der Waals surface area contributed by atoms with Crippen molar-refractivity contribution in [3.05, 3.63) is 41.6 Å². The molecule has 2 heteroatoms. The van der Waals surface area contributed by atoms with Gasteiger partial charge in [-0.3, -0.25) is 5.01 Å². The lowest BCUT2D eigenvalue weighted by Gasteiger charge is -2.22. The third-order valence-electron chi connectivity index (χ3n) is 3.25. The van der Waals surface area contributed by atoms with Gasteiger partial charge in [-0.1, -0.05) is 44.5 Å². The second kappa shape index (κ2) is 5.87. The molecule has 2 nitrogen and oxygen atoms in total. The zero-order valence-corrected chi connectivity index (χ0v) is 11.6. The Morgan fingerprint density at radius 1 is 1.18 bits per heavy atom. The van der Waals surface area contributed by atoms with Crippen molar-refractivity contribution in [3.63, 3.8) is 0 Å². The Kier molecular flexibility index (Phi) is 4.76. The molecule has 0 fully saturated rings. The molecule has 0 radical (unpaired) electrons. The van der Waals surface area contributed by atoms with Gasteiger partial charge in [-0.05, 0) is 37.8 Å². The van der Waals surface area contributed by atoms with Crippen LogP contribution in [-0.2, 0) is 0 Å². The summed E-state index contributed by atoms with van der Waals surface area (Å²) < 4.78 is 0. The number of aryl methyl sites for hydroxylation is 1. The zero-order valence-electron chi connectivity index (χ0n) is 11.6. The van der Waals surface area contributed by atoms with Crippen molar-refractivity contribution in [1.82, 2.24) is 0 Å². The van der Waals surface area contributed by atoms with Gasteiger partial charge in [-0.2, -0.15) is 0 Å². The first-order chi connectivity index (χ1) is 7.91. The number of allylic oxidation sites excluding steroid dienone is 2. The van der Waals surface area contributed by atoms with Crippen molar-refractivity contribution < 1.29 is 0 Å². The van der Waals surface area contributed by atoms with E-state index in [1.807, 2.05) is 12.1 Å². The molecule has 0 bridgehead atoms. The molecule has 1 unspecified atom stereocenters. The van der Waals surface area contributed by atoms with E-state index >= 15 is 0 Å². The van der Waals surface area contributed by atoms with E-state index in [0.717, 1.165) is 11.4 Å². The second-order valence-electron chi connectivity index (χ2n) is 5.12. The monoisotopic (exact) mass is 232 g/mol. The number of hydrogen-bond acceptors (Lipinski definition) is 2. The van der Waals surface area contributed by atoms with Crippen LogP contribution < -0.4 is 10.9 Å². The molecule has 1 rings (SSSR count). The van der Waals surface area contributed by atoms with E-state index in [0.29, 0.717) is 11.8 Å². The van der Waals surface area contributed by atoms with Crippen molar-refractivity contribution in [2.45, 2.75) is 34.6 Å². The Morgan fingerprint density at radius 2 is 1.71 bits per heavy atom. The molecule has 0 saturated carbocycles. The highest BCUT2D eigenvalue weighted by atomic mass is 15.4. The molecule has 0 aliphatic carbocycles. The Morgan fingerprint density at radius 3 is 2.18 bits per heavy atom. The van der Waals surface area contributed by atoms with E-state index < -0.39 is 0 Å². The summed E-state index contributed by atoms with van der Waals surface area (Å²) in [7, 11) is 0. The quantitative estimate of drug-likeness (QED) is 0.630. The Labute approximate surface area is 105 Å². The van der Waals surface area contributed by atoms with Crippen LogP contribution in [0, 0.1) is 18.8 Å². The molecule has 94 valence electrons. The fraction of sp³-hybridized carbons (Fsp3) is 0.467. The molecule has 0 spiro atoms. The first-order valence-corrected chi connectivity index (χ1v) is 6.21. The molecule has 2 N–H and O–H groups in total. The molecule has 17 heavy (non-hydrogen) atoms. The van der Waals surface area contributed by atoms with Crippen LogP contribution in [0.1, 0.15) is 33.3 Å². The van der Waals surface area contributed by atoms with Crippen LogP contribution in [0.2, 0.25) is 0 Å². The van der Waals surface area contributed by atoms with E-state index in [1.165, 1.54) is 5.56 Å². The van der Waals surface area contributed by atoms with Gasteiger partial charge >= 0.3 is 0 Å². The summed E-state index contributed by atoms with van der Waals surface area (Å²) in [6.45, 7) is 10.8. The molecule has 1 aromatic carbocycles. The van der Waals surface area contributed by atoms with Gasteiger partial charge in [0.15, 0.2) is 0 Å². The third-order valence-corrected chi connectivity index (χ3v) is 3.25. The number of nitrogens with two attached hydrogens (primary N) is 1. The van der Waals surface area contributed by atoms with Crippen molar-refractivity contribution >= 4 is 5.69 Å². The highest BCUT2D eigenvalue weighted by molar-refractivity contribution is 5.50. The number of rotatable bonds is 4. The summed E-state index contributed by atoms with van der Waals surface area (Å²) in [6, 6.07) is 8.25. The maximum Gasteiger partial charge on any atom is 0.0571 e. The molecule has 0 aliphatic rings. The Balaban J connectivity index is 2.82. The van der Waals surface area contributed by atoms with Crippen molar-refractivity contribution in [3.8, 4) is 0 Å². The van der Waals surface area contributed by atoms with Crippen LogP contribution in [0.25, 0.3) is 0 Å². The van der Waals surface area contributed by atoms with Gasteiger partial charge in [-0.25, -0.2) is 5.84 Å². The fourth-order valence-electron chi connectivity index (χ4n) is 1.56. The van der Waals surface area contributed by atoms with Crippen LogP contribution in [0.4, 0.5) is 5.69 Å². The number of hydrogen-bond donors (Lipinski definition) is 1. The first kappa shape index (κ1) is 13.8. The molecule has 0 amide bonds. The average molecular weight is 232 g/mol. The lowest BCUT2D eigenvalue weighted by atomic mass is 9.97. The van der Waals surface area contributed by atoms with Crippen molar-refractivity contribution in [2.75, 3.05) is 5.01 Å².